The Morgan fingerprint density at radius 1 is 1.24 bits per heavy atom. The number of fused-ring (bicyclic) bond motifs is 1. The van der Waals surface area contributed by atoms with Gasteiger partial charge in [0.2, 0.25) is 0 Å². The molecule has 3 aromatic rings. The van der Waals surface area contributed by atoms with Crippen molar-refractivity contribution in [2.24, 2.45) is 0 Å². The third-order valence-electron chi connectivity index (χ3n) is 3.38. The van der Waals surface area contributed by atoms with E-state index in [0.717, 1.165) is 32.8 Å². The summed E-state index contributed by atoms with van der Waals surface area (Å²) in [4.78, 5) is 4.61. The van der Waals surface area contributed by atoms with Crippen LogP contribution in [0, 0.1) is 6.92 Å². The van der Waals surface area contributed by atoms with Crippen molar-refractivity contribution in [1.82, 2.24) is 9.55 Å². The first kappa shape index (κ1) is 14.4. The molecule has 0 unspecified atom stereocenters. The molecule has 3 nitrogen and oxygen atoms in total. The van der Waals surface area contributed by atoms with E-state index in [9.17, 15) is 0 Å². The molecule has 0 radical (unpaired) electrons. The Kier molecular flexibility index (Phi) is 3.91. The maximum absolute atomic E-state index is 6.09. The molecule has 21 heavy (non-hydrogen) atoms. The van der Waals surface area contributed by atoms with Gasteiger partial charge < -0.3 is 4.74 Å². The number of aromatic nitrogens is 2. The predicted molar refractivity (Wildman–Crippen MR) is 89.6 cm³/mol. The number of aryl methyl sites for hydroxylation is 1. The summed E-state index contributed by atoms with van der Waals surface area (Å²) < 4.78 is 8.52. The van der Waals surface area contributed by atoms with E-state index in [4.69, 9.17) is 16.3 Å². The van der Waals surface area contributed by atoms with Gasteiger partial charge in [-0.05, 0) is 42.8 Å². The molecule has 2 aromatic carbocycles. The van der Waals surface area contributed by atoms with E-state index >= 15 is 0 Å². The number of benzene rings is 2. The molecule has 0 saturated carbocycles. The maximum atomic E-state index is 6.09. The molecule has 0 aliphatic heterocycles. The molecule has 5 heteroatoms. The first-order valence-corrected chi connectivity index (χ1v) is 7.84. The van der Waals surface area contributed by atoms with E-state index in [1.807, 2.05) is 24.3 Å². The maximum Gasteiger partial charge on any atom is 0.142 e. The average Bonchev–Trinajstić information content (AvgIpc) is 2.84. The fourth-order valence-electron chi connectivity index (χ4n) is 2.43. The lowest BCUT2D eigenvalue weighted by atomic mass is 10.2. The Labute approximate surface area is 136 Å². The number of alkyl halides is 1. The summed E-state index contributed by atoms with van der Waals surface area (Å²) in [7, 11) is 1.66. The topological polar surface area (TPSA) is 27.1 Å². The van der Waals surface area contributed by atoms with Crippen molar-refractivity contribution >= 4 is 38.6 Å². The number of hydrogen-bond donors (Lipinski definition) is 0. The van der Waals surface area contributed by atoms with E-state index < -0.39 is 0 Å². The summed E-state index contributed by atoms with van der Waals surface area (Å²) >= 11 is 9.61. The Balaban J connectivity index is 2.38. The SMILES string of the molecule is COc1ccc(Br)cc1-n1c(CCl)nc2ccc(C)cc21. The highest BCUT2D eigenvalue weighted by atomic mass is 79.9. The molecule has 108 valence electrons. The van der Waals surface area contributed by atoms with E-state index in [-0.39, 0.29) is 0 Å². The smallest absolute Gasteiger partial charge is 0.142 e. The van der Waals surface area contributed by atoms with Gasteiger partial charge in [0.05, 0.1) is 29.7 Å². The number of imidazole rings is 1. The van der Waals surface area contributed by atoms with Crippen molar-refractivity contribution in [3.8, 4) is 11.4 Å². The highest BCUT2D eigenvalue weighted by Crippen LogP contribution is 2.31. The van der Waals surface area contributed by atoms with Crippen LogP contribution in [0.2, 0.25) is 0 Å². The molecular weight excluding hydrogens is 352 g/mol. The molecule has 0 aliphatic rings. The molecule has 0 aliphatic carbocycles. The highest BCUT2D eigenvalue weighted by Gasteiger charge is 2.15. The van der Waals surface area contributed by atoms with Gasteiger partial charge in [0.25, 0.3) is 0 Å². The molecule has 1 aromatic heterocycles. The van der Waals surface area contributed by atoms with E-state index in [1.54, 1.807) is 7.11 Å². The van der Waals surface area contributed by atoms with E-state index in [1.165, 1.54) is 5.56 Å². The molecule has 0 saturated heterocycles. The fourth-order valence-corrected chi connectivity index (χ4v) is 2.96. The van der Waals surface area contributed by atoms with Crippen LogP contribution in [0.25, 0.3) is 16.7 Å². The first-order chi connectivity index (χ1) is 10.1. The highest BCUT2D eigenvalue weighted by molar-refractivity contribution is 9.10. The number of nitrogens with zero attached hydrogens (tertiary/aromatic N) is 2. The summed E-state index contributed by atoms with van der Waals surface area (Å²) in [5.41, 5.74) is 4.06. The van der Waals surface area contributed by atoms with Crippen molar-refractivity contribution in [3.63, 3.8) is 0 Å². The first-order valence-electron chi connectivity index (χ1n) is 6.52. The van der Waals surface area contributed by atoms with Gasteiger partial charge in [0.15, 0.2) is 0 Å². The van der Waals surface area contributed by atoms with Gasteiger partial charge in [-0.2, -0.15) is 0 Å². The molecule has 0 N–H and O–H groups in total. The molecule has 0 atom stereocenters. The van der Waals surface area contributed by atoms with Gasteiger partial charge >= 0.3 is 0 Å². The minimum Gasteiger partial charge on any atom is -0.495 e. The second-order valence-electron chi connectivity index (χ2n) is 4.81. The monoisotopic (exact) mass is 364 g/mol. The van der Waals surface area contributed by atoms with Crippen molar-refractivity contribution in [3.05, 3.63) is 52.3 Å². The summed E-state index contributed by atoms with van der Waals surface area (Å²) in [6, 6.07) is 12.1. The van der Waals surface area contributed by atoms with Crippen LogP contribution in [0.5, 0.6) is 5.75 Å². The molecule has 0 amide bonds. The van der Waals surface area contributed by atoms with Gasteiger partial charge in [0, 0.05) is 4.47 Å². The van der Waals surface area contributed by atoms with Crippen LogP contribution in [0.3, 0.4) is 0 Å². The lowest BCUT2D eigenvalue weighted by Crippen LogP contribution is -2.02. The number of methoxy groups -OCH3 is 1. The molecule has 0 bridgehead atoms. The Hall–Kier alpha value is -1.52. The van der Waals surface area contributed by atoms with Gasteiger partial charge in [0.1, 0.15) is 11.6 Å². The summed E-state index contributed by atoms with van der Waals surface area (Å²) in [6.07, 6.45) is 0. The standard InChI is InChI=1S/C16H14BrClN2O/c1-10-3-5-12-13(7-10)20(16(9-18)19-12)14-8-11(17)4-6-15(14)21-2/h3-8H,9H2,1-2H3. The molecule has 1 heterocycles. The number of hydrogen-bond acceptors (Lipinski definition) is 2. The summed E-state index contributed by atoms with van der Waals surface area (Å²) in [6.45, 7) is 2.06. The predicted octanol–water partition coefficient (Wildman–Crippen LogP) is 4.84. The number of ether oxygens (including phenoxy) is 1. The van der Waals surface area contributed by atoms with E-state index in [0.29, 0.717) is 5.88 Å². The second-order valence-corrected chi connectivity index (χ2v) is 5.99. The van der Waals surface area contributed by atoms with Crippen LogP contribution in [0.15, 0.2) is 40.9 Å². The van der Waals surface area contributed by atoms with Crippen LogP contribution in [0.4, 0.5) is 0 Å². The fraction of sp³-hybridized carbons (Fsp3) is 0.188. The van der Waals surface area contributed by atoms with E-state index in [2.05, 4.69) is 44.5 Å². The van der Waals surface area contributed by atoms with Crippen LogP contribution in [-0.2, 0) is 5.88 Å². The second kappa shape index (κ2) is 5.70. The minimum atomic E-state index is 0.337. The third kappa shape index (κ3) is 2.54. The van der Waals surface area contributed by atoms with Crippen molar-refractivity contribution < 1.29 is 4.74 Å². The molecular formula is C16H14BrClN2O. The number of rotatable bonds is 3. The van der Waals surface area contributed by atoms with Crippen molar-refractivity contribution in [2.45, 2.75) is 12.8 Å². The summed E-state index contributed by atoms with van der Waals surface area (Å²) in [5, 5.41) is 0. The lowest BCUT2D eigenvalue weighted by molar-refractivity contribution is 0.413. The minimum absolute atomic E-state index is 0.337. The Bertz CT molecular complexity index is 813. The Morgan fingerprint density at radius 2 is 2.05 bits per heavy atom. The normalized spacial score (nSPS) is 11.0. The van der Waals surface area contributed by atoms with Crippen molar-refractivity contribution in [2.75, 3.05) is 7.11 Å². The third-order valence-corrected chi connectivity index (χ3v) is 4.11. The number of halogens is 2. The Morgan fingerprint density at radius 3 is 2.76 bits per heavy atom. The average molecular weight is 366 g/mol. The van der Waals surface area contributed by atoms with Gasteiger partial charge in [-0.3, -0.25) is 4.57 Å². The van der Waals surface area contributed by atoms with Gasteiger partial charge in [-0.15, -0.1) is 11.6 Å². The molecule has 0 fully saturated rings. The lowest BCUT2D eigenvalue weighted by Gasteiger charge is -2.13. The van der Waals surface area contributed by atoms with Crippen LogP contribution in [-0.4, -0.2) is 16.7 Å². The zero-order chi connectivity index (χ0) is 15.0. The van der Waals surface area contributed by atoms with Crippen LogP contribution < -0.4 is 4.74 Å². The molecule has 0 spiro atoms. The molecule has 3 rings (SSSR count). The van der Waals surface area contributed by atoms with Crippen molar-refractivity contribution in [1.29, 1.82) is 0 Å². The van der Waals surface area contributed by atoms with Crippen LogP contribution >= 0.6 is 27.5 Å². The summed E-state index contributed by atoms with van der Waals surface area (Å²) in [5.74, 6) is 1.92. The van der Waals surface area contributed by atoms with Crippen LogP contribution in [0.1, 0.15) is 11.4 Å². The largest absolute Gasteiger partial charge is 0.495 e. The zero-order valence-corrected chi connectivity index (χ0v) is 14.1. The zero-order valence-electron chi connectivity index (χ0n) is 11.7. The quantitative estimate of drug-likeness (QED) is 0.621. The van der Waals surface area contributed by atoms with Gasteiger partial charge in [-0.1, -0.05) is 22.0 Å². The van der Waals surface area contributed by atoms with Gasteiger partial charge in [-0.25, -0.2) is 4.98 Å².